The van der Waals surface area contributed by atoms with Crippen LogP contribution in [0.25, 0.3) is 16.8 Å². The third-order valence-corrected chi connectivity index (χ3v) is 2.64. The van der Waals surface area contributed by atoms with Gasteiger partial charge in [-0.1, -0.05) is 30.3 Å². The predicted octanol–water partition coefficient (Wildman–Crippen LogP) is 2.74. The number of carbonyl (C=O) groups excluding carboxylic acids is 1. The van der Waals surface area contributed by atoms with Gasteiger partial charge < -0.3 is 10.5 Å². The average Bonchev–Trinajstić information content (AvgIpc) is 2.37. The number of hydrogen-bond donors (Lipinski definition) is 1. The number of rotatable bonds is 4. The van der Waals surface area contributed by atoms with Gasteiger partial charge in [0.2, 0.25) is 5.91 Å². The normalized spacial score (nSPS) is 10.9. The van der Waals surface area contributed by atoms with Gasteiger partial charge in [-0.25, -0.2) is 0 Å². The topological polar surface area (TPSA) is 52.3 Å². The molecule has 0 atom stereocenters. The van der Waals surface area contributed by atoms with E-state index in [0.717, 1.165) is 22.1 Å². The Balaban J connectivity index is 2.62. The van der Waals surface area contributed by atoms with Crippen LogP contribution in [0.3, 0.4) is 0 Å². The number of hydrogen-bond acceptors (Lipinski definition) is 2. The van der Waals surface area contributed by atoms with Crippen molar-refractivity contribution in [3.8, 4) is 5.75 Å². The zero-order chi connectivity index (χ0) is 13.0. The fourth-order valence-electron chi connectivity index (χ4n) is 1.89. The Morgan fingerprint density at radius 2 is 2.06 bits per heavy atom. The number of nitrogens with two attached hydrogens (primary N) is 1. The van der Waals surface area contributed by atoms with Crippen LogP contribution in [0.15, 0.2) is 42.5 Å². The van der Waals surface area contributed by atoms with Crippen molar-refractivity contribution < 1.29 is 9.53 Å². The SMILES string of the molecule is CCOc1ccc2ccccc2c1C=CC(N)=O. The predicted molar refractivity (Wildman–Crippen MR) is 73.3 cm³/mol. The molecule has 0 heterocycles. The smallest absolute Gasteiger partial charge is 0.241 e. The van der Waals surface area contributed by atoms with Crippen molar-refractivity contribution in [1.82, 2.24) is 0 Å². The molecule has 2 aromatic rings. The van der Waals surface area contributed by atoms with E-state index in [-0.39, 0.29) is 0 Å². The lowest BCUT2D eigenvalue weighted by atomic mass is 10.0. The van der Waals surface area contributed by atoms with Crippen LogP contribution in [0, 0.1) is 0 Å². The van der Waals surface area contributed by atoms with Gasteiger partial charge in [0.15, 0.2) is 0 Å². The third kappa shape index (κ3) is 2.51. The molecule has 0 fully saturated rings. The molecule has 2 rings (SSSR count). The van der Waals surface area contributed by atoms with E-state index < -0.39 is 5.91 Å². The minimum absolute atomic E-state index is 0.467. The van der Waals surface area contributed by atoms with Crippen molar-refractivity contribution in [2.24, 2.45) is 5.73 Å². The first-order valence-electron chi connectivity index (χ1n) is 5.84. The lowest BCUT2D eigenvalue weighted by molar-refractivity contribution is -0.113. The van der Waals surface area contributed by atoms with Crippen LogP contribution >= 0.6 is 0 Å². The maximum absolute atomic E-state index is 10.9. The lowest BCUT2D eigenvalue weighted by Gasteiger charge is -2.10. The van der Waals surface area contributed by atoms with Crippen molar-refractivity contribution in [1.29, 1.82) is 0 Å². The molecule has 92 valence electrons. The zero-order valence-corrected chi connectivity index (χ0v) is 10.2. The van der Waals surface area contributed by atoms with Gasteiger partial charge in [-0.3, -0.25) is 4.79 Å². The minimum atomic E-state index is -0.467. The molecule has 3 heteroatoms. The van der Waals surface area contributed by atoms with E-state index in [4.69, 9.17) is 10.5 Å². The second-order valence-corrected chi connectivity index (χ2v) is 3.87. The molecule has 2 N–H and O–H groups in total. The monoisotopic (exact) mass is 241 g/mol. The Hall–Kier alpha value is -2.29. The molecule has 0 aliphatic rings. The van der Waals surface area contributed by atoms with Crippen molar-refractivity contribution in [3.63, 3.8) is 0 Å². The van der Waals surface area contributed by atoms with Crippen LogP contribution in [0.1, 0.15) is 12.5 Å². The highest BCUT2D eigenvalue weighted by atomic mass is 16.5. The second-order valence-electron chi connectivity index (χ2n) is 3.87. The molecule has 0 unspecified atom stereocenters. The average molecular weight is 241 g/mol. The van der Waals surface area contributed by atoms with Gasteiger partial charge in [-0.05, 0) is 29.8 Å². The molecule has 0 spiro atoms. The number of fused-ring (bicyclic) bond motifs is 1. The van der Waals surface area contributed by atoms with Gasteiger partial charge >= 0.3 is 0 Å². The van der Waals surface area contributed by atoms with E-state index in [1.165, 1.54) is 6.08 Å². The van der Waals surface area contributed by atoms with Crippen LogP contribution in [0.4, 0.5) is 0 Å². The van der Waals surface area contributed by atoms with Crippen LogP contribution < -0.4 is 10.5 Å². The van der Waals surface area contributed by atoms with Crippen LogP contribution in [0.5, 0.6) is 5.75 Å². The molecule has 1 amide bonds. The second kappa shape index (κ2) is 5.36. The molecular weight excluding hydrogens is 226 g/mol. The Morgan fingerprint density at radius 3 is 2.78 bits per heavy atom. The Morgan fingerprint density at radius 1 is 1.28 bits per heavy atom. The van der Waals surface area contributed by atoms with E-state index in [0.29, 0.717) is 6.61 Å². The van der Waals surface area contributed by atoms with E-state index in [9.17, 15) is 4.79 Å². The van der Waals surface area contributed by atoms with Crippen LogP contribution in [0.2, 0.25) is 0 Å². The van der Waals surface area contributed by atoms with Gasteiger partial charge in [-0.2, -0.15) is 0 Å². The molecule has 2 aromatic carbocycles. The fourth-order valence-corrected chi connectivity index (χ4v) is 1.89. The van der Waals surface area contributed by atoms with Gasteiger partial charge in [0, 0.05) is 11.6 Å². The van der Waals surface area contributed by atoms with Crippen molar-refractivity contribution >= 4 is 22.8 Å². The Bertz CT molecular complexity index is 602. The van der Waals surface area contributed by atoms with Gasteiger partial charge in [0.1, 0.15) is 5.75 Å². The zero-order valence-electron chi connectivity index (χ0n) is 10.2. The highest BCUT2D eigenvalue weighted by Crippen LogP contribution is 2.29. The number of primary amides is 1. The lowest BCUT2D eigenvalue weighted by Crippen LogP contribution is -2.05. The van der Waals surface area contributed by atoms with Crippen molar-refractivity contribution in [3.05, 3.63) is 48.0 Å². The first kappa shape index (κ1) is 12.2. The quantitative estimate of drug-likeness (QED) is 0.837. The summed E-state index contributed by atoms with van der Waals surface area (Å²) in [5.41, 5.74) is 6.02. The highest BCUT2D eigenvalue weighted by Gasteiger charge is 2.05. The van der Waals surface area contributed by atoms with Gasteiger partial charge in [0.25, 0.3) is 0 Å². The van der Waals surface area contributed by atoms with Crippen molar-refractivity contribution in [2.45, 2.75) is 6.92 Å². The van der Waals surface area contributed by atoms with Crippen LogP contribution in [-0.4, -0.2) is 12.5 Å². The molecule has 0 saturated heterocycles. The summed E-state index contributed by atoms with van der Waals surface area (Å²) >= 11 is 0. The number of amides is 1. The summed E-state index contributed by atoms with van der Waals surface area (Å²) in [4.78, 5) is 10.9. The summed E-state index contributed by atoms with van der Waals surface area (Å²) in [6.07, 6.45) is 3.06. The molecule has 0 bridgehead atoms. The summed E-state index contributed by atoms with van der Waals surface area (Å²) in [6.45, 7) is 2.51. The molecular formula is C15H15NO2. The first-order chi connectivity index (χ1) is 8.72. The van der Waals surface area contributed by atoms with Crippen LogP contribution in [-0.2, 0) is 4.79 Å². The van der Waals surface area contributed by atoms with Crippen molar-refractivity contribution in [2.75, 3.05) is 6.61 Å². The molecule has 0 saturated carbocycles. The maximum Gasteiger partial charge on any atom is 0.241 e. The Kier molecular flexibility index (Phi) is 3.63. The summed E-state index contributed by atoms with van der Waals surface area (Å²) in [5, 5.41) is 2.14. The van der Waals surface area contributed by atoms with E-state index in [2.05, 4.69) is 0 Å². The third-order valence-electron chi connectivity index (χ3n) is 2.64. The number of carbonyl (C=O) groups is 1. The van der Waals surface area contributed by atoms with E-state index in [1.54, 1.807) is 6.08 Å². The minimum Gasteiger partial charge on any atom is -0.493 e. The summed E-state index contributed by atoms with van der Waals surface area (Å²) < 4.78 is 5.57. The van der Waals surface area contributed by atoms with Gasteiger partial charge in [-0.15, -0.1) is 0 Å². The number of ether oxygens (including phenoxy) is 1. The number of benzene rings is 2. The Labute approximate surface area is 106 Å². The summed E-state index contributed by atoms with van der Waals surface area (Å²) in [5.74, 6) is 0.291. The molecule has 3 nitrogen and oxygen atoms in total. The first-order valence-corrected chi connectivity index (χ1v) is 5.84. The molecule has 0 aliphatic carbocycles. The summed E-state index contributed by atoms with van der Waals surface area (Å²) in [6, 6.07) is 11.9. The van der Waals surface area contributed by atoms with E-state index in [1.807, 2.05) is 43.3 Å². The largest absolute Gasteiger partial charge is 0.493 e. The molecule has 18 heavy (non-hydrogen) atoms. The standard InChI is InChI=1S/C15H15NO2/c1-2-18-14-9-7-11-5-3-4-6-12(11)13(14)8-10-15(16)17/h3-10H,2H2,1H3,(H2,16,17). The highest BCUT2D eigenvalue weighted by molar-refractivity contribution is 5.97. The maximum atomic E-state index is 10.9. The summed E-state index contributed by atoms with van der Waals surface area (Å²) in [7, 11) is 0. The molecule has 0 aliphatic heterocycles. The van der Waals surface area contributed by atoms with E-state index >= 15 is 0 Å². The van der Waals surface area contributed by atoms with Gasteiger partial charge in [0.05, 0.1) is 6.61 Å². The molecule has 0 aromatic heterocycles. The molecule has 0 radical (unpaired) electrons. The fraction of sp³-hybridized carbons (Fsp3) is 0.133.